The van der Waals surface area contributed by atoms with Gasteiger partial charge in [0.1, 0.15) is 5.75 Å². The van der Waals surface area contributed by atoms with Gasteiger partial charge in [0.25, 0.3) is 0 Å². The van der Waals surface area contributed by atoms with Crippen molar-refractivity contribution in [3.05, 3.63) is 119 Å². The van der Waals surface area contributed by atoms with Gasteiger partial charge in [0.05, 0.1) is 12.3 Å². The Hall–Kier alpha value is -5.70. The Labute approximate surface area is 341 Å². The summed E-state index contributed by atoms with van der Waals surface area (Å²) in [5.41, 5.74) is 4.25. The summed E-state index contributed by atoms with van der Waals surface area (Å²) in [6.07, 6.45) is 1.08. The zero-order valence-corrected chi connectivity index (χ0v) is 34.9. The summed E-state index contributed by atoms with van der Waals surface area (Å²) in [6.45, 7) is 4.33. The lowest BCUT2D eigenvalue weighted by Gasteiger charge is -2.35. The van der Waals surface area contributed by atoms with Crippen LogP contribution in [0.3, 0.4) is 0 Å². The quantitative estimate of drug-likeness (QED) is 0.0920. The molecule has 0 spiro atoms. The standard InChI is InChI=1S/C44H53N5O8S/c1-33-14-19-37(20-15-33)48-25-27-49(28-26-48)44(52)56-40-23-16-34(31-41(40)57-43(51)47(6)36-11-8-7-9-12-36)24-30-58(53,54)29-10-13-39(46(4)5)35-17-21-38(22-18-35)55-42(50)32-45(2)3/h7-9,11-12,14-24,30-31,39H,10,13,25-29,32H2,1-6H3/b30-24+. The van der Waals surface area contributed by atoms with Crippen molar-refractivity contribution in [1.82, 2.24) is 14.7 Å². The van der Waals surface area contributed by atoms with Gasteiger partial charge in [0.2, 0.25) is 0 Å². The first-order chi connectivity index (χ1) is 27.7. The number of hydrogen-bond donors (Lipinski definition) is 0. The molecule has 2 amide bonds. The van der Waals surface area contributed by atoms with Crippen LogP contribution in [0.15, 0.2) is 102 Å². The van der Waals surface area contributed by atoms with E-state index in [1.54, 1.807) is 73.4 Å². The van der Waals surface area contributed by atoms with Crippen molar-refractivity contribution < 1.29 is 37.0 Å². The van der Waals surface area contributed by atoms with Crippen molar-refractivity contribution in [2.45, 2.75) is 25.8 Å². The van der Waals surface area contributed by atoms with Crippen LogP contribution in [-0.4, -0.2) is 115 Å². The average Bonchev–Trinajstić information content (AvgIpc) is 3.20. The Morgan fingerprint density at radius 2 is 1.45 bits per heavy atom. The minimum absolute atomic E-state index is 0.0234. The fraction of sp³-hybridized carbons (Fsp3) is 0.341. The van der Waals surface area contributed by atoms with Gasteiger partial charge < -0.3 is 28.9 Å². The predicted octanol–water partition coefficient (Wildman–Crippen LogP) is 6.89. The van der Waals surface area contributed by atoms with Gasteiger partial charge in [0.15, 0.2) is 21.3 Å². The average molecular weight is 812 g/mol. The number of amides is 2. The molecule has 1 aliphatic rings. The van der Waals surface area contributed by atoms with Crippen molar-refractivity contribution in [1.29, 1.82) is 0 Å². The predicted molar refractivity (Wildman–Crippen MR) is 227 cm³/mol. The molecule has 0 aromatic heterocycles. The Morgan fingerprint density at radius 1 is 0.776 bits per heavy atom. The van der Waals surface area contributed by atoms with E-state index in [2.05, 4.69) is 29.2 Å². The molecule has 1 heterocycles. The second kappa shape index (κ2) is 20.1. The Morgan fingerprint density at radius 3 is 2.09 bits per heavy atom. The fourth-order valence-electron chi connectivity index (χ4n) is 6.40. The van der Waals surface area contributed by atoms with Crippen molar-refractivity contribution in [3.8, 4) is 17.2 Å². The lowest BCUT2D eigenvalue weighted by Crippen LogP contribution is -2.49. The van der Waals surface area contributed by atoms with Crippen LogP contribution >= 0.6 is 0 Å². The molecular weight excluding hydrogens is 759 g/mol. The maximum atomic E-state index is 13.4. The molecule has 1 fully saturated rings. The van der Waals surface area contributed by atoms with E-state index in [4.69, 9.17) is 14.2 Å². The van der Waals surface area contributed by atoms with Gasteiger partial charge in [-0.1, -0.05) is 54.1 Å². The molecule has 58 heavy (non-hydrogen) atoms. The highest BCUT2D eigenvalue weighted by Crippen LogP contribution is 2.32. The second-order valence-corrected chi connectivity index (χ2v) is 16.7. The fourth-order valence-corrected chi connectivity index (χ4v) is 7.47. The molecule has 4 aromatic carbocycles. The number of carbonyl (C=O) groups is 3. The summed E-state index contributed by atoms with van der Waals surface area (Å²) < 4.78 is 43.4. The summed E-state index contributed by atoms with van der Waals surface area (Å²) in [5.74, 6) is -0.0149. The number of anilines is 2. The van der Waals surface area contributed by atoms with Crippen LogP contribution in [0.4, 0.5) is 21.0 Å². The summed E-state index contributed by atoms with van der Waals surface area (Å²) >= 11 is 0. The third-order valence-electron chi connectivity index (χ3n) is 9.66. The first kappa shape index (κ1) is 43.4. The molecular formula is C44H53N5O8S. The Bertz CT molecular complexity index is 2130. The number of rotatable bonds is 15. The van der Waals surface area contributed by atoms with Gasteiger partial charge in [0, 0.05) is 56.1 Å². The smallest absolute Gasteiger partial charge is 0.419 e. The molecule has 5 rings (SSSR count). The minimum atomic E-state index is -3.64. The van der Waals surface area contributed by atoms with Crippen molar-refractivity contribution in [2.75, 3.05) is 83.5 Å². The van der Waals surface area contributed by atoms with Crippen LogP contribution in [0.1, 0.15) is 35.6 Å². The van der Waals surface area contributed by atoms with Crippen molar-refractivity contribution in [2.24, 2.45) is 0 Å². The molecule has 0 bridgehead atoms. The highest BCUT2D eigenvalue weighted by atomic mass is 32.2. The molecule has 1 unspecified atom stereocenters. The maximum Gasteiger partial charge on any atom is 0.419 e. The van der Waals surface area contributed by atoms with Crippen LogP contribution in [0.5, 0.6) is 17.2 Å². The summed E-state index contributed by atoms with van der Waals surface area (Å²) in [6, 6.07) is 28.9. The first-order valence-corrected chi connectivity index (χ1v) is 20.8. The van der Waals surface area contributed by atoms with Crippen LogP contribution in [-0.2, 0) is 14.6 Å². The molecule has 0 radical (unpaired) electrons. The highest BCUT2D eigenvalue weighted by molar-refractivity contribution is 7.94. The number of aryl methyl sites for hydroxylation is 1. The van der Waals surface area contributed by atoms with Crippen molar-refractivity contribution >= 4 is 45.4 Å². The molecule has 1 saturated heterocycles. The molecule has 0 N–H and O–H groups in total. The molecule has 4 aromatic rings. The number of esters is 1. The SMILES string of the molecule is Cc1ccc(N2CCN(C(=O)Oc3ccc(/C=C/S(=O)(=O)CCCC(c4ccc(OC(=O)CN(C)C)cc4)N(C)C)cc3OC(=O)N(C)c3ccccc3)CC2)cc1. The molecule has 1 aliphatic heterocycles. The Balaban J connectivity index is 1.24. The summed E-state index contributed by atoms with van der Waals surface area (Å²) in [7, 11) is 5.36. The van der Waals surface area contributed by atoms with E-state index in [-0.39, 0.29) is 35.8 Å². The number of carbonyl (C=O) groups excluding carboxylic acids is 3. The third kappa shape index (κ3) is 12.7. The van der Waals surface area contributed by atoms with Gasteiger partial charge in [-0.25, -0.2) is 18.0 Å². The normalized spacial score (nSPS) is 13.8. The van der Waals surface area contributed by atoms with Crippen LogP contribution in [0.25, 0.3) is 6.08 Å². The third-order valence-corrected chi connectivity index (χ3v) is 11.1. The molecule has 1 atom stereocenters. The zero-order chi connectivity index (χ0) is 41.8. The summed E-state index contributed by atoms with van der Waals surface area (Å²) in [4.78, 5) is 47.6. The monoisotopic (exact) mass is 811 g/mol. The van der Waals surface area contributed by atoms with Gasteiger partial charge in [-0.05, 0) is 114 Å². The number of likely N-dealkylation sites (N-methyl/N-ethyl adjacent to an activating group) is 1. The van der Waals surface area contributed by atoms with Crippen LogP contribution < -0.4 is 24.0 Å². The van der Waals surface area contributed by atoms with E-state index in [1.165, 1.54) is 28.7 Å². The number of sulfone groups is 1. The molecule has 14 heteroatoms. The number of para-hydroxylation sites is 1. The molecule has 0 saturated carbocycles. The largest absolute Gasteiger partial charge is 0.426 e. The Kier molecular flexibility index (Phi) is 15.1. The summed E-state index contributed by atoms with van der Waals surface area (Å²) in [5, 5.41) is 1.14. The minimum Gasteiger partial charge on any atom is -0.426 e. The van der Waals surface area contributed by atoms with Gasteiger partial charge in [-0.3, -0.25) is 14.6 Å². The van der Waals surface area contributed by atoms with E-state index in [9.17, 15) is 22.8 Å². The van der Waals surface area contributed by atoms with Gasteiger partial charge in [-0.15, -0.1) is 0 Å². The number of hydrogen-bond acceptors (Lipinski definition) is 11. The zero-order valence-electron chi connectivity index (χ0n) is 34.0. The van der Waals surface area contributed by atoms with Gasteiger partial charge >= 0.3 is 18.2 Å². The van der Waals surface area contributed by atoms with E-state index in [1.807, 2.05) is 44.1 Å². The van der Waals surface area contributed by atoms with Crippen LogP contribution in [0, 0.1) is 6.92 Å². The van der Waals surface area contributed by atoms with Gasteiger partial charge in [-0.2, -0.15) is 0 Å². The first-order valence-electron chi connectivity index (χ1n) is 19.1. The highest BCUT2D eigenvalue weighted by Gasteiger charge is 2.25. The molecule has 0 aliphatic carbocycles. The number of nitrogens with zero attached hydrogens (tertiary/aromatic N) is 5. The van der Waals surface area contributed by atoms with E-state index in [0.717, 1.165) is 16.7 Å². The lowest BCUT2D eigenvalue weighted by atomic mass is 10.0. The maximum absolute atomic E-state index is 13.4. The van der Waals surface area contributed by atoms with Crippen LogP contribution in [0.2, 0.25) is 0 Å². The molecule has 308 valence electrons. The number of piperazine rings is 1. The number of ether oxygens (including phenoxy) is 3. The van der Waals surface area contributed by atoms with Crippen molar-refractivity contribution in [3.63, 3.8) is 0 Å². The second-order valence-electron chi connectivity index (χ2n) is 14.7. The molecule has 13 nitrogen and oxygen atoms in total. The number of benzene rings is 4. The van der Waals surface area contributed by atoms with E-state index in [0.29, 0.717) is 56.0 Å². The van der Waals surface area contributed by atoms with E-state index < -0.39 is 22.0 Å². The van der Waals surface area contributed by atoms with E-state index >= 15 is 0 Å². The lowest BCUT2D eigenvalue weighted by molar-refractivity contribution is -0.135. The topological polar surface area (TPSA) is 129 Å².